The van der Waals surface area contributed by atoms with Crippen molar-refractivity contribution in [1.29, 1.82) is 0 Å². The Morgan fingerprint density at radius 3 is 2.70 bits per heavy atom. The monoisotopic (exact) mass is 272 g/mol. The first kappa shape index (κ1) is 13.6. The Morgan fingerprint density at radius 1 is 1.20 bits per heavy atom. The van der Waals surface area contributed by atoms with Gasteiger partial charge in [0.25, 0.3) is 0 Å². The maximum atomic E-state index is 12.7. The molecule has 3 rings (SSSR count). The molecule has 1 aromatic rings. The van der Waals surface area contributed by atoms with E-state index in [1.807, 2.05) is 0 Å². The number of amides is 1. The third-order valence-corrected chi connectivity index (χ3v) is 5.03. The molecule has 2 unspecified atom stereocenters. The lowest BCUT2D eigenvalue weighted by Crippen LogP contribution is -2.52. The maximum Gasteiger partial charge on any atom is 0.240 e. The molecule has 2 heterocycles. The van der Waals surface area contributed by atoms with Gasteiger partial charge in [0.05, 0.1) is 6.04 Å². The molecule has 1 saturated heterocycles. The Kier molecular flexibility index (Phi) is 3.79. The van der Waals surface area contributed by atoms with Crippen molar-refractivity contribution in [2.75, 3.05) is 13.1 Å². The van der Waals surface area contributed by atoms with Gasteiger partial charge in [0.2, 0.25) is 5.91 Å². The van der Waals surface area contributed by atoms with Gasteiger partial charge in [-0.15, -0.1) is 0 Å². The highest BCUT2D eigenvalue weighted by atomic mass is 16.2. The van der Waals surface area contributed by atoms with Crippen LogP contribution in [0.3, 0.4) is 0 Å². The third-order valence-electron chi connectivity index (χ3n) is 5.03. The Bertz CT molecular complexity index is 500. The van der Waals surface area contributed by atoms with Crippen molar-refractivity contribution >= 4 is 5.91 Å². The van der Waals surface area contributed by atoms with Gasteiger partial charge in [-0.25, -0.2) is 0 Å². The number of hydrogen-bond donors (Lipinski definition) is 1. The molecule has 20 heavy (non-hydrogen) atoms. The quantitative estimate of drug-likeness (QED) is 0.850. The summed E-state index contributed by atoms with van der Waals surface area (Å²) in [6.07, 6.45) is 1.96. The minimum absolute atomic E-state index is 0.0366. The third kappa shape index (κ3) is 2.59. The van der Waals surface area contributed by atoms with E-state index in [-0.39, 0.29) is 6.04 Å². The molecule has 0 aliphatic carbocycles. The molecule has 1 fully saturated rings. The van der Waals surface area contributed by atoms with Gasteiger partial charge in [-0.2, -0.15) is 0 Å². The zero-order chi connectivity index (χ0) is 14.1. The Balaban J connectivity index is 1.67. The first-order valence-corrected chi connectivity index (χ1v) is 7.74. The normalized spacial score (nSPS) is 29.9. The van der Waals surface area contributed by atoms with Gasteiger partial charge in [-0.1, -0.05) is 38.1 Å². The number of nitrogens with zero attached hydrogens (tertiary/aromatic N) is 1. The van der Waals surface area contributed by atoms with E-state index in [2.05, 4.69) is 48.3 Å². The topological polar surface area (TPSA) is 32.3 Å². The molecule has 1 aromatic carbocycles. The number of benzene rings is 1. The lowest BCUT2D eigenvalue weighted by Gasteiger charge is -2.38. The van der Waals surface area contributed by atoms with Crippen molar-refractivity contribution in [1.82, 2.24) is 10.2 Å². The van der Waals surface area contributed by atoms with Gasteiger partial charge < -0.3 is 10.2 Å². The zero-order valence-electron chi connectivity index (χ0n) is 12.4. The van der Waals surface area contributed by atoms with E-state index in [9.17, 15) is 4.79 Å². The highest BCUT2D eigenvalue weighted by Gasteiger charge is 2.31. The number of nitrogens with one attached hydrogen (secondary N) is 1. The van der Waals surface area contributed by atoms with Crippen LogP contribution in [0.5, 0.6) is 0 Å². The standard InChI is InChI=1S/C17H24N2O/c1-12-7-8-19(11-13(12)2)17(20)16-9-14-5-3-4-6-15(14)10-18-16/h3-6,12-13,16,18H,7-11H2,1-2H3/t12?,13?,16-/m0/s1. The first-order valence-electron chi connectivity index (χ1n) is 7.74. The fourth-order valence-corrected chi connectivity index (χ4v) is 3.31. The predicted molar refractivity (Wildman–Crippen MR) is 80.3 cm³/mol. The molecule has 0 aromatic heterocycles. The summed E-state index contributed by atoms with van der Waals surface area (Å²) < 4.78 is 0. The number of carbonyl (C=O) groups excluding carboxylic acids is 1. The highest BCUT2D eigenvalue weighted by molar-refractivity contribution is 5.82. The molecular weight excluding hydrogens is 248 g/mol. The summed E-state index contributed by atoms with van der Waals surface area (Å²) in [4.78, 5) is 14.7. The number of likely N-dealkylation sites (tertiary alicyclic amines) is 1. The van der Waals surface area contributed by atoms with E-state index >= 15 is 0 Å². The van der Waals surface area contributed by atoms with Crippen LogP contribution in [0.25, 0.3) is 0 Å². The van der Waals surface area contributed by atoms with E-state index in [1.54, 1.807) is 0 Å². The second-order valence-electron chi connectivity index (χ2n) is 6.43. The summed E-state index contributed by atoms with van der Waals surface area (Å²) >= 11 is 0. The average molecular weight is 272 g/mol. The second-order valence-corrected chi connectivity index (χ2v) is 6.43. The summed E-state index contributed by atoms with van der Waals surface area (Å²) in [5.41, 5.74) is 2.65. The van der Waals surface area contributed by atoms with Crippen LogP contribution in [0.1, 0.15) is 31.4 Å². The largest absolute Gasteiger partial charge is 0.341 e. The van der Waals surface area contributed by atoms with Crippen molar-refractivity contribution in [3.8, 4) is 0 Å². The van der Waals surface area contributed by atoms with E-state index in [0.29, 0.717) is 11.8 Å². The van der Waals surface area contributed by atoms with Gasteiger partial charge in [0, 0.05) is 19.6 Å². The van der Waals surface area contributed by atoms with Crippen molar-refractivity contribution < 1.29 is 4.79 Å². The van der Waals surface area contributed by atoms with E-state index in [4.69, 9.17) is 0 Å². The van der Waals surface area contributed by atoms with Crippen molar-refractivity contribution in [3.05, 3.63) is 35.4 Å². The van der Waals surface area contributed by atoms with Gasteiger partial charge >= 0.3 is 0 Å². The summed E-state index contributed by atoms with van der Waals surface area (Å²) in [5, 5.41) is 3.41. The molecular formula is C17H24N2O. The fourth-order valence-electron chi connectivity index (χ4n) is 3.31. The van der Waals surface area contributed by atoms with Crippen LogP contribution < -0.4 is 5.32 Å². The average Bonchev–Trinajstić information content (AvgIpc) is 2.49. The van der Waals surface area contributed by atoms with Crippen molar-refractivity contribution in [2.24, 2.45) is 11.8 Å². The van der Waals surface area contributed by atoms with Crippen LogP contribution in [0.2, 0.25) is 0 Å². The number of rotatable bonds is 1. The molecule has 0 spiro atoms. The lowest BCUT2D eigenvalue weighted by molar-refractivity contribution is -0.136. The molecule has 2 aliphatic heterocycles. The van der Waals surface area contributed by atoms with Gasteiger partial charge in [0.1, 0.15) is 0 Å². The predicted octanol–water partition coefficient (Wildman–Crippen LogP) is 2.21. The van der Waals surface area contributed by atoms with Crippen molar-refractivity contribution in [3.63, 3.8) is 0 Å². The smallest absolute Gasteiger partial charge is 0.240 e. The first-order chi connectivity index (χ1) is 9.65. The number of piperidine rings is 1. The Labute approximate surface area is 121 Å². The highest BCUT2D eigenvalue weighted by Crippen LogP contribution is 2.24. The van der Waals surface area contributed by atoms with Crippen LogP contribution in [-0.4, -0.2) is 29.9 Å². The Hall–Kier alpha value is -1.35. The fraction of sp³-hybridized carbons (Fsp3) is 0.588. The zero-order valence-corrected chi connectivity index (χ0v) is 12.4. The van der Waals surface area contributed by atoms with Gasteiger partial charge in [0.15, 0.2) is 0 Å². The summed E-state index contributed by atoms with van der Waals surface area (Å²) in [5.74, 6) is 1.64. The van der Waals surface area contributed by atoms with Crippen LogP contribution in [-0.2, 0) is 17.8 Å². The molecule has 3 nitrogen and oxygen atoms in total. The number of fused-ring (bicyclic) bond motifs is 1. The SMILES string of the molecule is CC1CCN(C(=O)[C@@H]2Cc3ccccc3CN2)CC1C. The molecule has 3 atom stereocenters. The summed E-state index contributed by atoms with van der Waals surface area (Å²) in [6.45, 7) is 7.20. The Morgan fingerprint density at radius 2 is 1.95 bits per heavy atom. The lowest BCUT2D eigenvalue weighted by atomic mass is 9.87. The second kappa shape index (κ2) is 5.57. The van der Waals surface area contributed by atoms with E-state index in [0.717, 1.165) is 38.4 Å². The summed E-state index contributed by atoms with van der Waals surface area (Å²) in [7, 11) is 0. The van der Waals surface area contributed by atoms with Crippen LogP contribution in [0.15, 0.2) is 24.3 Å². The van der Waals surface area contributed by atoms with Crippen LogP contribution in [0, 0.1) is 11.8 Å². The molecule has 1 amide bonds. The molecule has 3 heteroatoms. The molecule has 0 saturated carbocycles. The van der Waals surface area contributed by atoms with Crippen LogP contribution >= 0.6 is 0 Å². The van der Waals surface area contributed by atoms with Crippen molar-refractivity contribution in [2.45, 2.75) is 39.3 Å². The number of hydrogen-bond acceptors (Lipinski definition) is 2. The van der Waals surface area contributed by atoms with E-state index in [1.165, 1.54) is 11.1 Å². The molecule has 2 aliphatic rings. The minimum atomic E-state index is -0.0366. The molecule has 1 N–H and O–H groups in total. The molecule has 0 bridgehead atoms. The minimum Gasteiger partial charge on any atom is -0.341 e. The molecule has 108 valence electrons. The molecule has 0 radical (unpaired) electrons. The number of carbonyl (C=O) groups is 1. The maximum absolute atomic E-state index is 12.7. The van der Waals surface area contributed by atoms with E-state index < -0.39 is 0 Å². The van der Waals surface area contributed by atoms with Crippen LogP contribution in [0.4, 0.5) is 0 Å². The summed E-state index contributed by atoms with van der Waals surface area (Å²) in [6, 6.07) is 8.39. The van der Waals surface area contributed by atoms with Gasteiger partial charge in [-0.05, 0) is 35.8 Å². The van der Waals surface area contributed by atoms with Gasteiger partial charge in [-0.3, -0.25) is 4.79 Å².